The van der Waals surface area contributed by atoms with Crippen molar-refractivity contribution in [3.8, 4) is 11.5 Å². The molecule has 3 aromatic rings. The number of carbonyl (C=O) groups is 2. The zero-order valence-electron chi connectivity index (χ0n) is 18.7. The van der Waals surface area contributed by atoms with Crippen LogP contribution in [-0.2, 0) is 22.6 Å². The number of hydrogen-bond acceptors (Lipinski definition) is 7. The Morgan fingerprint density at radius 2 is 1.94 bits per heavy atom. The fourth-order valence-electron chi connectivity index (χ4n) is 4.16. The Bertz CT molecular complexity index is 1110. The van der Waals surface area contributed by atoms with Gasteiger partial charge in [0, 0.05) is 19.7 Å². The largest absolute Gasteiger partial charge is 0.467 e. The lowest BCUT2D eigenvalue weighted by Gasteiger charge is -2.28. The number of benzene rings is 1. The number of furan rings is 1. The number of ether oxygens (including phenoxy) is 3. The summed E-state index contributed by atoms with van der Waals surface area (Å²) >= 11 is 1.37. The molecular formula is C25H26N2O6S. The van der Waals surface area contributed by atoms with Gasteiger partial charge in [0.15, 0.2) is 11.5 Å². The number of thiophene rings is 1. The first-order chi connectivity index (χ1) is 16.7. The van der Waals surface area contributed by atoms with Crippen LogP contribution in [0.15, 0.2) is 58.5 Å². The van der Waals surface area contributed by atoms with Crippen molar-refractivity contribution in [3.63, 3.8) is 0 Å². The molecule has 0 spiro atoms. The van der Waals surface area contributed by atoms with E-state index in [2.05, 4.69) is 0 Å². The van der Waals surface area contributed by atoms with Crippen LogP contribution in [0.5, 0.6) is 11.5 Å². The molecule has 0 bridgehead atoms. The minimum absolute atomic E-state index is 0.0398. The molecule has 2 aliphatic rings. The molecule has 2 aromatic heterocycles. The number of fused-ring (bicyclic) bond motifs is 1. The molecule has 0 aliphatic carbocycles. The maximum absolute atomic E-state index is 13.6. The van der Waals surface area contributed by atoms with Gasteiger partial charge in [-0.25, -0.2) is 0 Å². The minimum Gasteiger partial charge on any atom is -0.467 e. The van der Waals surface area contributed by atoms with Crippen molar-refractivity contribution in [3.05, 3.63) is 70.3 Å². The SMILES string of the molecule is O=C(CN(CC1CCCO1)C(=O)c1cccs1)N(Cc1ccc2c(c1)OCO2)Cc1ccco1. The number of nitrogens with zero attached hydrogens (tertiary/aromatic N) is 2. The predicted octanol–water partition coefficient (Wildman–Crippen LogP) is 3.92. The third-order valence-electron chi connectivity index (χ3n) is 5.88. The van der Waals surface area contributed by atoms with Gasteiger partial charge in [0.1, 0.15) is 12.3 Å². The van der Waals surface area contributed by atoms with E-state index in [1.807, 2.05) is 35.7 Å². The molecule has 34 heavy (non-hydrogen) atoms. The normalized spacial score (nSPS) is 16.5. The lowest BCUT2D eigenvalue weighted by molar-refractivity contribution is -0.133. The average Bonchev–Trinajstić information content (AvgIpc) is 3.65. The van der Waals surface area contributed by atoms with Crippen molar-refractivity contribution in [2.75, 3.05) is 26.5 Å². The molecule has 178 valence electrons. The molecule has 8 nitrogen and oxygen atoms in total. The second kappa shape index (κ2) is 10.3. The maximum Gasteiger partial charge on any atom is 0.264 e. The molecule has 4 heterocycles. The van der Waals surface area contributed by atoms with Gasteiger partial charge < -0.3 is 28.4 Å². The number of amides is 2. The molecule has 2 amide bonds. The van der Waals surface area contributed by atoms with Crippen molar-refractivity contribution in [2.24, 2.45) is 0 Å². The molecule has 1 saturated heterocycles. The molecule has 5 rings (SSSR count). The van der Waals surface area contributed by atoms with Crippen LogP contribution < -0.4 is 9.47 Å². The summed E-state index contributed by atoms with van der Waals surface area (Å²) in [7, 11) is 0. The third-order valence-corrected chi connectivity index (χ3v) is 6.74. The zero-order valence-corrected chi connectivity index (χ0v) is 19.5. The highest BCUT2D eigenvalue weighted by atomic mass is 32.1. The lowest BCUT2D eigenvalue weighted by atomic mass is 10.1. The van der Waals surface area contributed by atoms with Gasteiger partial charge in [-0.15, -0.1) is 11.3 Å². The Kier molecular flexibility index (Phi) is 6.82. The second-order valence-electron chi connectivity index (χ2n) is 8.31. The van der Waals surface area contributed by atoms with Crippen LogP contribution in [0, 0.1) is 0 Å². The highest BCUT2D eigenvalue weighted by Crippen LogP contribution is 2.33. The molecule has 0 radical (unpaired) electrons. The van der Waals surface area contributed by atoms with Gasteiger partial charge in [-0.3, -0.25) is 9.59 Å². The summed E-state index contributed by atoms with van der Waals surface area (Å²) in [5.74, 6) is 1.70. The van der Waals surface area contributed by atoms with E-state index in [0.29, 0.717) is 48.4 Å². The first-order valence-electron chi connectivity index (χ1n) is 11.3. The topological polar surface area (TPSA) is 81.5 Å². The first-order valence-corrected chi connectivity index (χ1v) is 12.2. The molecule has 9 heteroatoms. The highest BCUT2D eigenvalue weighted by Gasteiger charge is 2.28. The minimum atomic E-state index is -0.169. The molecule has 1 atom stereocenters. The molecule has 2 aliphatic heterocycles. The van der Waals surface area contributed by atoms with Crippen molar-refractivity contribution < 1.29 is 28.2 Å². The van der Waals surface area contributed by atoms with Crippen molar-refractivity contribution in [2.45, 2.75) is 32.0 Å². The fourth-order valence-corrected chi connectivity index (χ4v) is 4.85. The molecule has 1 unspecified atom stereocenters. The van der Waals surface area contributed by atoms with Crippen LogP contribution >= 0.6 is 11.3 Å². The van der Waals surface area contributed by atoms with Crippen LogP contribution in [0.25, 0.3) is 0 Å². The predicted molar refractivity (Wildman–Crippen MR) is 125 cm³/mol. The van der Waals surface area contributed by atoms with Crippen LogP contribution in [-0.4, -0.2) is 54.2 Å². The van der Waals surface area contributed by atoms with Gasteiger partial charge in [0.25, 0.3) is 5.91 Å². The molecule has 1 fully saturated rings. The van der Waals surface area contributed by atoms with Gasteiger partial charge in [-0.2, -0.15) is 0 Å². The summed E-state index contributed by atoms with van der Waals surface area (Å²) in [4.78, 5) is 30.7. The van der Waals surface area contributed by atoms with Crippen LogP contribution in [0.4, 0.5) is 0 Å². The quantitative estimate of drug-likeness (QED) is 0.460. The summed E-state index contributed by atoms with van der Waals surface area (Å²) in [6.45, 7) is 1.87. The van der Waals surface area contributed by atoms with E-state index in [1.54, 1.807) is 28.2 Å². The Morgan fingerprint density at radius 1 is 1.03 bits per heavy atom. The van der Waals surface area contributed by atoms with Gasteiger partial charge in [-0.1, -0.05) is 12.1 Å². The van der Waals surface area contributed by atoms with E-state index in [1.165, 1.54) is 11.3 Å². The zero-order chi connectivity index (χ0) is 23.3. The maximum atomic E-state index is 13.6. The fraction of sp³-hybridized carbons (Fsp3) is 0.360. The highest BCUT2D eigenvalue weighted by molar-refractivity contribution is 7.12. The van der Waals surface area contributed by atoms with E-state index >= 15 is 0 Å². The molecule has 1 aromatic carbocycles. The van der Waals surface area contributed by atoms with Gasteiger partial charge in [-0.05, 0) is 54.1 Å². The summed E-state index contributed by atoms with van der Waals surface area (Å²) < 4.78 is 22.2. The van der Waals surface area contributed by atoms with E-state index in [9.17, 15) is 9.59 Å². The Hall–Kier alpha value is -3.30. The number of carbonyl (C=O) groups excluding carboxylic acids is 2. The number of hydrogen-bond donors (Lipinski definition) is 0. The summed E-state index contributed by atoms with van der Waals surface area (Å²) in [6.07, 6.45) is 3.39. The Morgan fingerprint density at radius 3 is 2.71 bits per heavy atom. The van der Waals surface area contributed by atoms with E-state index < -0.39 is 0 Å². The van der Waals surface area contributed by atoms with E-state index in [0.717, 1.165) is 18.4 Å². The van der Waals surface area contributed by atoms with Crippen molar-refractivity contribution in [1.29, 1.82) is 0 Å². The Labute approximate surface area is 201 Å². The number of rotatable bonds is 9. The second-order valence-corrected chi connectivity index (χ2v) is 9.26. The van der Waals surface area contributed by atoms with Crippen LogP contribution in [0.3, 0.4) is 0 Å². The smallest absolute Gasteiger partial charge is 0.264 e. The monoisotopic (exact) mass is 482 g/mol. The van der Waals surface area contributed by atoms with Crippen LogP contribution in [0.1, 0.15) is 33.8 Å². The summed E-state index contributed by atoms with van der Waals surface area (Å²) in [6, 6.07) is 12.9. The third kappa shape index (κ3) is 5.26. The van der Waals surface area contributed by atoms with Crippen molar-refractivity contribution >= 4 is 23.2 Å². The standard InChI is InChI=1S/C25H26N2O6S/c28-24(16-27(15-20-5-2-10-31-20)25(29)23-6-3-11-34-23)26(14-19-4-1-9-30-19)13-18-7-8-21-22(12-18)33-17-32-21/h1,3-4,6-9,11-12,20H,2,5,10,13-17H2. The summed E-state index contributed by atoms with van der Waals surface area (Å²) in [5, 5.41) is 1.86. The van der Waals surface area contributed by atoms with Gasteiger partial charge >= 0.3 is 0 Å². The molecule has 0 saturated carbocycles. The Balaban J connectivity index is 1.35. The van der Waals surface area contributed by atoms with Crippen molar-refractivity contribution in [1.82, 2.24) is 9.80 Å². The lowest BCUT2D eigenvalue weighted by Crippen LogP contribution is -2.45. The van der Waals surface area contributed by atoms with Crippen LogP contribution in [0.2, 0.25) is 0 Å². The average molecular weight is 483 g/mol. The first kappa shape index (κ1) is 22.5. The van der Waals surface area contributed by atoms with E-state index in [-0.39, 0.29) is 31.3 Å². The van der Waals surface area contributed by atoms with Gasteiger partial charge in [0.05, 0.1) is 23.8 Å². The summed E-state index contributed by atoms with van der Waals surface area (Å²) in [5.41, 5.74) is 0.902. The van der Waals surface area contributed by atoms with E-state index in [4.69, 9.17) is 18.6 Å². The molecule has 0 N–H and O–H groups in total. The van der Waals surface area contributed by atoms with Gasteiger partial charge in [0.2, 0.25) is 12.7 Å². The molecular weight excluding hydrogens is 456 g/mol.